The van der Waals surface area contributed by atoms with E-state index in [9.17, 15) is 9.18 Å². The number of pyridine rings is 1. The number of aromatic nitrogens is 5. The van der Waals surface area contributed by atoms with Crippen LogP contribution in [0.5, 0.6) is 0 Å². The van der Waals surface area contributed by atoms with Gasteiger partial charge in [-0.15, -0.1) is 5.10 Å². The van der Waals surface area contributed by atoms with E-state index in [4.69, 9.17) is 0 Å². The van der Waals surface area contributed by atoms with Gasteiger partial charge in [-0.2, -0.15) is 0 Å². The summed E-state index contributed by atoms with van der Waals surface area (Å²) in [5, 5.41) is 13.6. The molecule has 7 nitrogen and oxygen atoms in total. The largest absolute Gasteiger partial charge is 0.321 e. The van der Waals surface area contributed by atoms with Crippen LogP contribution in [0.1, 0.15) is 53.0 Å². The summed E-state index contributed by atoms with van der Waals surface area (Å²) in [6.07, 6.45) is 0.736. The minimum Gasteiger partial charge on any atom is -0.321 e. The molecule has 0 bridgehead atoms. The van der Waals surface area contributed by atoms with Gasteiger partial charge in [0.2, 0.25) is 0 Å². The predicted molar refractivity (Wildman–Crippen MR) is 146 cm³/mol. The molecule has 0 aliphatic rings. The molecule has 0 aliphatic heterocycles. The number of nitrogens with one attached hydrogen (secondary N) is 1. The highest BCUT2D eigenvalue weighted by Crippen LogP contribution is 2.27. The van der Waals surface area contributed by atoms with Gasteiger partial charge in [-0.3, -0.25) is 9.69 Å². The summed E-state index contributed by atoms with van der Waals surface area (Å²) in [5.74, 6) is 0.425. The number of tetrazole rings is 1. The third kappa shape index (κ3) is 5.55. The lowest BCUT2D eigenvalue weighted by Crippen LogP contribution is -2.32. The molecule has 1 N–H and O–H groups in total. The lowest BCUT2D eigenvalue weighted by molar-refractivity contribution is 0.161. The first-order chi connectivity index (χ1) is 18.4. The molecule has 38 heavy (non-hydrogen) atoms. The number of hydrogen-bond donors (Lipinski definition) is 1. The van der Waals surface area contributed by atoms with E-state index in [1.54, 1.807) is 16.8 Å². The summed E-state index contributed by atoms with van der Waals surface area (Å²) < 4.78 is 15.2. The van der Waals surface area contributed by atoms with Crippen LogP contribution in [0.3, 0.4) is 0 Å². The van der Waals surface area contributed by atoms with Gasteiger partial charge in [-0.05, 0) is 71.0 Å². The van der Waals surface area contributed by atoms with Gasteiger partial charge in [-0.1, -0.05) is 67.1 Å². The van der Waals surface area contributed by atoms with E-state index < -0.39 is 0 Å². The molecular formula is C30H31FN6O. The highest BCUT2D eigenvalue weighted by molar-refractivity contribution is 5.81. The van der Waals surface area contributed by atoms with Gasteiger partial charge in [0.15, 0.2) is 5.82 Å². The fraction of sp³-hybridized carbons (Fsp3) is 0.267. The molecular weight excluding hydrogens is 479 g/mol. The molecule has 5 rings (SSSR count). The second-order valence-corrected chi connectivity index (χ2v) is 9.80. The Kier molecular flexibility index (Phi) is 7.42. The van der Waals surface area contributed by atoms with Crippen molar-refractivity contribution in [1.29, 1.82) is 0 Å². The number of aromatic amines is 1. The average molecular weight is 511 g/mol. The summed E-state index contributed by atoms with van der Waals surface area (Å²) in [7, 11) is 0. The Hall–Kier alpha value is -4.17. The Morgan fingerprint density at radius 1 is 0.974 bits per heavy atom. The molecule has 1 atom stereocenters. The molecule has 194 valence electrons. The first kappa shape index (κ1) is 25.5. The Labute approximate surface area is 220 Å². The number of H-pyrrole nitrogens is 1. The van der Waals surface area contributed by atoms with Crippen LogP contribution < -0.4 is 5.56 Å². The second-order valence-electron chi connectivity index (χ2n) is 9.80. The minimum atomic E-state index is -0.280. The fourth-order valence-electron chi connectivity index (χ4n) is 4.90. The van der Waals surface area contributed by atoms with Crippen LogP contribution in [0.4, 0.5) is 4.39 Å². The van der Waals surface area contributed by atoms with Crippen LogP contribution in [0.15, 0.2) is 77.6 Å². The van der Waals surface area contributed by atoms with Crippen molar-refractivity contribution in [3.8, 4) is 0 Å². The first-order valence-electron chi connectivity index (χ1n) is 12.8. The van der Waals surface area contributed by atoms with Crippen LogP contribution >= 0.6 is 0 Å². The molecule has 3 aromatic carbocycles. The van der Waals surface area contributed by atoms with Crippen molar-refractivity contribution in [2.45, 2.75) is 52.9 Å². The number of rotatable bonds is 9. The molecule has 5 aromatic rings. The Bertz CT molecular complexity index is 1590. The quantitative estimate of drug-likeness (QED) is 0.284. The van der Waals surface area contributed by atoms with Gasteiger partial charge in [-0.25, -0.2) is 9.07 Å². The first-order valence-corrected chi connectivity index (χ1v) is 12.8. The fourth-order valence-corrected chi connectivity index (χ4v) is 4.90. The topological polar surface area (TPSA) is 79.7 Å². The van der Waals surface area contributed by atoms with E-state index in [1.165, 1.54) is 17.7 Å². The molecule has 0 amide bonds. The summed E-state index contributed by atoms with van der Waals surface area (Å²) in [6, 6.07) is 22.6. The highest BCUT2D eigenvalue weighted by Gasteiger charge is 2.26. The third-order valence-electron chi connectivity index (χ3n) is 6.98. The van der Waals surface area contributed by atoms with Crippen molar-refractivity contribution in [2.75, 3.05) is 0 Å². The Balaban J connectivity index is 1.52. The Morgan fingerprint density at radius 2 is 1.71 bits per heavy atom. The Morgan fingerprint density at radius 3 is 2.45 bits per heavy atom. The average Bonchev–Trinajstić information content (AvgIpc) is 3.36. The molecule has 0 saturated heterocycles. The highest BCUT2D eigenvalue weighted by atomic mass is 19.1. The van der Waals surface area contributed by atoms with Gasteiger partial charge in [0.05, 0.1) is 18.1 Å². The maximum Gasteiger partial charge on any atom is 0.252 e. The van der Waals surface area contributed by atoms with Crippen LogP contribution in [0, 0.1) is 19.7 Å². The second kappa shape index (κ2) is 11.1. The van der Waals surface area contributed by atoms with Gasteiger partial charge in [0.1, 0.15) is 5.82 Å². The van der Waals surface area contributed by atoms with E-state index in [2.05, 4.69) is 63.5 Å². The van der Waals surface area contributed by atoms with Crippen LogP contribution in [-0.4, -0.2) is 30.1 Å². The number of benzene rings is 3. The van der Waals surface area contributed by atoms with Crippen LogP contribution in [0.25, 0.3) is 10.9 Å². The number of nitrogens with zero attached hydrogens (tertiary/aromatic N) is 5. The standard InChI is InChI=1S/C30H31FN6O/c1-4-27(29-33-34-35-37(29)18-23-12-14-26(31)15-13-23)36(17-22-10-8-20(2)9-11-22)19-25-16-24-7-5-6-21(3)28(24)32-30(25)38/h5-16,27H,4,17-19H2,1-3H3,(H,32,38)/t27-/m0/s1. The minimum absolute atomic E-state index is 0.0959. The summed E-state index contributed by atoms with van der Waals surface area (Å²) in [5.41, 5.74) is 5.72. The molecule has 8 heteroatoms. The van der Waals surface area contributed by atoms with Crippen LogP contribution in [0.2, 0.25) is 0 Å². The molecule has 2 heterocycles. The summed E-state index contributed by atoms with van der Waals surface area (Å²) >= 11 is 0. The maximum atomic E-state index is 13.4. The lowest BCUT2D eigenvalue weighted by Gasteiger charge is -2.30. The van der Waals surface area contributed by atoms with E-state index >= 15 is 0 Å². The molecule has 2 aromatic heterocycles. The van der Waals surface area contributed by atoms with E-state index in [-0.39, 0.29) is 17.4 Å². The van der Waals surface area contributed by atoms with Crippen molar-refractivity contribution in [2.24, 2.45) is 0 Å². The van der Waals surface area contributed by atoms with Crippen molar-refractivity contribution in [3.05, 3.63) is 123 Å². The maximum absolute atomic E-state index is 13.4. The SMILES string of the molecule is CC[C@@H](c1nnnn1Cc1ccc(F)cc1)N(Cc1ccc(C)cc1)Cc1cc2cccc(C)c2[nH]c1=O. The molecule has 0 saturated carbocycles. The van der Waals surface area contributed by atoms with Crippen LogP contribution in [-0.2, 0) is 19.6 Å². The zero-order chi connectivity index (χ0) is 26.6. The smallest absolute Gasteiger partial charge is 0.252 e. The van der Waals surface area contributed by atoms with Crippen molar-refractivity contribution < 1.29 is 4.39 Å². The zero-order valence-electron chi connectivity index (χ0n) is 21.9. The van der Waals surface area contributed by atoms with Crippen molar-refractivity contribution in [3.63, 3.8) is 0 Å². The van der Waals surface area contributed by atoms with E-state index in [0.29, 0.717) is 31.0 Å². The zero-order valence-corrected chi connectivity index (χ0v) is 21.9. The van der Waals surface area contributed by atoms with Gasteiger partial charge >= 0.3 is 0 Å². The lowest BCUT2D eigenvalue weighted by atomic mass is 10.1. The molecule has 0 spiro atoms. The molecule has 0 fully saturated rings. The molecule has 0 radical (unpaired) electrons. The van der Waals surface area contributed by atoms with Gasteiger partial charge < -0.3 is 4.98 Å². The molecule has 0 aliphatic carbocycles. The summed E-state index contributed by atoms with van der Waals surface area (Å²) in [4.78, 5) is 18.5. The van der Waals surface area contributed by atoms with Gasteiger partial charge in [0, 0.05) is 18.7 Å². The normalized spacial score (nSPS) is 12.3. The van der Waals surface area contributed by atoms with E-state index in [1.807, 2.05) is 31.2 Å². The third-order valence-corrected chi connectivity index (χ3v) is 6.98. The van der Waals surface area contributed by atoms with Crippen molar-refractivity contribution in [1.82, 2.24) is 30.1 Å². The number of halogens is 1. The predicted octanol–water partition coefficient (Wildman–Crippen LogP) is 5.47. The summed E-state index contributed by atoms with van der Waals surface area (Å²) in [6.45, 7) is 7.62. The van der Waals surface area contributed by atoms with E-state index in [0.717, 1.165) is 34.0 Å². The number of fused-ring (bicyclic) bond motifs is 1. The monoisotopic (exact) mass is 510 g/mol. The number of hydrogen-bond acceptors (Lipinski definition) is 5. The molecule has 0 unspecified atom stereocenters. The van der Waals surface area contributed by atoms with Crippen molar-refractivity contribution >= 4 is 10.9 Å². The number of aryl methyl sites for hydroxylation is 2. The van der Waals surface area contributed by atoms with Gasteiger partial charge in [0.25, 0.3) is 5.56 Å². The number of para-hydroxylation sites is 1.